The minimum Gasteiger partial charge on any atom is -0.452 e. The third-order valence-electron chi connectivity index (χ3n) is 5.49. The van der Waals surface area contributed by atoms with Gasteiger partial charge in [0.1, 0.15) is 5.69 Å². The fraction of sp³-hybridized carbons (Fsp3) is 0.579. The molecule has 0 bridgehead atoms. The number of rotatable bonds is 6. The van der Waals surface area contributed by atoms with Crippen LogP contribution in [-0.4, -0.2) is 86.6 Å². The summed E-state index contributed by atoms with van der Waals surface area (Å²) in [5.74, 6) is -1.27. The van der Waals surface area contributed by atoms with Crippen LogP contribution in [0.4, 0.5) is 11.4 Å². The lowest BCUT2D eigenvalue weighted by Crippen LogP contribution is -2.51. The lowest BCUT2D eigenvalue weighted by Gasteiger charge is -2.33. The molecule has 0 saturated carbocycles. The highest BCUT2D eigenvalue weighted by Gasteiger charge is 2.27. The molecule has 0 atom stereocenters. The van der Waals surface area contributed by atoms with Gasteiger partial charge in [-0.2, -0.15) is 4.31 Å². The first kappa shape index (κ1) is 22.9. The van der Waals surface area contributed by atoms with Crippen molar-refractivity contribution in [3.8, 4) is 0 Å². The van der Waals surface area contributed by atoms with E-state index >= 15 is 0 Å². The zero-order chi connectivity index (χ0) is 22.6. The SMILES string of the molecule is CS(=O)(=O)N1CCN(C(=O)COC(=O)c2ccc(N3CCCCC3)c([N+](=O)[O-])c2)CC1. The molecule has 1 aromatic carbocycles. The van der Waals surface area contributed by atoms with E-state index in [2.05, 4.69) is 0 Å². The number of hydrogen-bond donors (Lipinski definition) is 0. The molecule has 170 valence electrons. The second-order valence-electron chi connectivity index (χ2n) is 7.63. The molecule has 31 heavy (non-hydrogen) atoms. The number of anilines is 1. The molecule has 3 rings (SSSR count). The summed E-state index contributed by atoms with van der Waals surface area (Å²) >= 11 is 0. The van der Waals surface area contributed by atoms with Crippen LogP contribution in [0.2, 0.25) is 0 Å². The fourth-order valence-electron chi connectivity index (χ4n) is 3.77. The maximum Gasteiger partial charge on any atom is 0.338 e. The monoisotopic (exact) mass is 454 g/mol. The van der Waals surface area contributed by atoms with Crippen molar-refractivity contribution in [2.24, 2.45) is 0 Å². The summed E-state index contributed by atoms with van der Waals surface area (Å²) in [6, 6.07) is 4.20. The number of hydrogen-bond acceptors (Lipinski definition) is 8. The van der Waals surface area contributed by atoms with E-state index in [1.807, 2.05) is 4.90 Å². The Morgan fingerprint density at radius 2 is 1.71 bits per heavy atom. The van der Waals surface area contributed by atoms with Crippen LogP contribution in [0.25, 0.3) is 0 Å². The van der Waals surface area contributed by atoms with E-state index < -0.39 is 33.4 Å². The number of nitrogens with zero attached hydrogens (tertiary/aromatic N) is 4. The smallest absolute Gasteiger partial charge is 0.338 e. The molecular formula is C19H26N4O7S. The number of sulfonamides is 1. The average molecular weight is 455 g/mol. The van der Waals surface area contributed by atoms with Crippen LogP contribution in [-0.2, 0) is 19.6 Å². The molecule has 1 amide bonds. The number of ether oxygens (including phenoxy) is 1. The Balaban J connectivity index is 1.59. The van der Waals surface area contributed by atoms with Gasteiger partial charge in [-0.1, -0.05) is 0 Å². The van der Waals surface area contributed by atoms with Crippen molar-refractivity contribution in [1.29, 1.82) is 0 Å². The van der Waals surface area contributed by atoms with Crippen molar-refractivity contribution in [3.05, 3.63) is 33.9 Å². The Bertz CT molecular complexity index is 952. The van der Waals surface area contributed by atoms with Gasteiger partial charge in [0, 0.05) is 45.3 Å². The molecule has 2 saturated heterocycles. The second-order valence-corrected chi connectivity index (χ2v) is 9.61. The van der Waals surface area contributed by atoms with E-state index in [0.29, 0.717) is 5.69 Å². The minimum atomic E-state index is -3.31. The minimum absolute atomic E-state index is 0.00200. The maximum absolute atomic E-state index is 12.4. The van der Waals surface area contributed by atoms with Gasteiger partial charge >= 0.3 is 5.97 Å². The topological polar surface area (TPSA) is 130 Å². The molecule has 11 nitrogen and oxygen atoms in total. The van der Waals surface area contributed by atoms with Crippen molar-refractivity contribution in [1.82, 2.24) is 9.21 Å². The highest BCUT2D eigenvalue weighted by atomic mass is 32.2. The van der Waals surface area contributed by atoms with Crippen molar-refractivity contribution < 1.29 is 27.7 Å². The zero-order valence-corrected chi connectivity index (χ0v) is 18.2. The second kappa shape index (κ2) is 9.60. The third-order valence-corrected chi connectivity index (χ3v) is 6.79. The van der Waals surface area contributed by atoms with Crippen LogP contribution in [0.1, 0.15) is 29.6 Å². The molecule has 2 heterocycles. The normalized spacial score (nSPS) is 18.0. The van der Waals surface area contributed by atoms with E-state index in [1.165, 1.54) is 21.3 Å². The summed E-state index contributed by atoms with van der Waals surface area (Å²) in [6.07, 6.45) is 4.12. The van der Waals surface area contributed by atoms with E-state index in [0.717, 1.165) is 38.6 Å². The summed E-state index contributed by atoms with van der Waals surface area (Å²) < 4.78 is 29.4. The Morgan fingerprint density at radius 1 is 1.06 bits per heavy atom. The van der Waals surface area contributed by atoms with Gasteiger partial charge in [0.2, 0.25) is 10.0 Å². The number of benzene rings is 1. The number of nitro benzene ring substituents is 1. The average Bonchev–Trinajstić information content (AvgIpc) is 2.76. The zero-order valence-electron chi connectivity index (χ0n) is 17.4. The molecule has 0 spiro atoms. The Morgan fingerprint density at radius 3 is 2.29 bits per heavy atom. The Labute approximate surface area is 180 Å². The highest BCUT2D eigenvalue weighted by molar-refractivity contribution is 7.88. The molecule has 0 N–H and O–H groups in total. The van der Waals surface area contributed by atoms with Crippen LogP contribution in [0.15, 0.2) is 18.2 Å². The molecule has 2 aliphatic rings. The number of piperidine rings is 1. The van der Waals surface area contributed by atoms with Crippen molar-refractivity contribution in [3.63, 3.8) is 0 Å². The van der Waals surface area contributed by atoms with Crippen LogP contribution >= 0.6 is 0 Å². The standard InChI is InChI=1S/C19H26N4O7S/c1-31(28,29)22-11-9-21(10-12-22)18(24)14-30-19(25)15-5-6-16(17(13-15)23(26)27)20-7-3-2-4-8-20/h5-6,13H,2-4,7-12,14H2,1H3. The molecule has 1 aromatic rings. The first-order valence-electron chi connectivity index (χ1n) is 10.1. The van der Waals surface area contributed by atoms with Crippen LogP contribution in [0.5, 0.6) is 0 Å². The van der Waals surface area contributed by atoms with Gasteiger partial charge in [0.15, 0.2) is 6.61 Å². The first-order valence-corrected chi connectivity index (χ1v) is 11.9. The van der Waals surface area contributed by atoms with E-state index in [4.69, 9.17) is 4.74 Å². The van der Waals surface area contributed by atoms with Crippen molar-refractivity contribution >= 4 is 33.3 Å². The molecule has 12 heteroatoms. The van der Waals surface area contributed by atoms with Crippen LogP contribution < -0.4 is 4.90 Å². The molecule has 0 radical (unpaired) electrons. The summed E-state index contributed by atoms with van der Waals surface area (Å²) in [7, 11) is -3.31. The number of nitro groups is 1. The van der Waals surface area contributed by atoms with Gasteiger partial charge in [-0.05, 0) is 31.4 Å². The Hall–Kier alpha value is -2.73. The molecule has 0 aliphatic carbocycles. The number of esters is 1. The van der Waals surface area contributed by atoms with Crippen LogP contribution in [0, 0.1) is 10.1 Å². The lowest BCUT2D eigenvalue weighted by atomic mass is 10.1. The predicted octanol–water partition coefficient (Wildman–Crippen LogP) is 0.846. The largest absolute Gasteiger partial charge is 0.452 e. The number of carbonyl (C=O) groups is 2. The molecule has 2 fully saturated rings. The molecule has 2 aliphatic heterocycles. The van der Waals surface area contributed by atoms with Gasteiger partial charge in [0.25, 0.3) is 11.6 Å². The van der Waals surface area contributed by atoms with Crippen molar-refractivity contribution in [2.45, 2.75) is 19.3 Å². The van der Waals surface area contributed by atoms with Gasteiger partial charge in [-0.15, -0.1) is 0 Å². The number of amides is 1. The molecule has 0 aromatic heterocycles. The predicted molar refractivity (Wildman–Crippen MR) is 112 cm³/mol. The quantitative estimate of drug-likeness (QED) is 0.351. The first-order chi connectivity index (χ1) is 14.7. The summed E-state index contributed by atoms with van der Waals surface area (Å²) in [6.45, 7) is 1.72. The van der Waals surface area contributed by atoms with Gasteiger partial charge in [-0.3, -0.25) is 14.9 Å². The summed E-state index contributed by atoms with van der Waals surface area (Å²) in [4.78, 5) is 39.0. The number of piperazine rings is 1. The molecule has 0 unspecified atom stereocenters. The summed E-state index contributed by atoms with van der Waals surface area (Å²) in [5, 5.41) is 11.5. The van der Waals surface area contributed by atoms with E-state index in [9.17, 15) is 28.1 Å². The fourth-order valence-corrected chi connectivity index (χ4v) is 4.60. The summed E-state index contributed by atoms with van der Waals surface area (Å²) in [5.41, 5.74) is 0.308. The van der Waals surface area contributed by atoms with E-state index in [1.54, 1.807) is 6.07 Å². The molecular weight excluding hydrogens is 428 g/mol. The van der Waals surface area contributed by atoms with Crippen LogP contribution in [0.3, 0.4) is 0 Å². The number of carbonyl (C=O) groups excluding carboxylic acids is 2. The lowest BCUT2D eigenvalue weighted by molar-refractivity contribution is -0.384. The van der Waals surface area contributed by atoms with E-state index in [-0.39, 0.29) is 37.4 Å². The van der Waals surface area contributed by atoms with Gasteiger partial charge < -0.3 is 14.5 Å². The third kappa shape index (κ3) is 5.70. The van der Waals surface area contributed by atoms with Gasteiger partial charge in [0.05, 0.1) is 16.7 Å². The Kier molecular flexibility index (Phi) is 7.11. The van der Waals surface area contributed by atoms with Crippen molar-refractivity contribution in [2.75, 3.05) is 57.0 Å². The maximum atomic E-state index is 12.4. The van der Waals surface area contributed by atoms with Gasteiger partial charge in [-0.25, -0.2) is 13.2 Å². The highest BCUT2D eigenvalue weighted by Crippen LogP contribution is 2.31.